The van der Waals surface area contributed by atoms with Gasteiger partial charge in [-0.25, -0.2) is 14.6 Å². The molecule has 11 heteroatoms. The van der Waals surface area contributed by atoms with Crippen molar-refractivity contribution in [1.82, 2.24) is 9.88 Å². The van der Waals surface area contributed by atoms with Crippen LogP contribution in [0.3, 0.4) is 0 Å². The van der Waals surface area contributed by atoms with Gasteiger partial charge in [0.1, 0.15) is 10.3 Å². The number of methoxy groups -OCH3 is 3. The molecule has 0 bridgehead atoms. The summed E-state index contributed by atoms with van der Waals surface area (Å²) in [6, 6.07) is 5.54. The molecule has 2 unspecified atom stereocenters. The lowest BCUT2D eigenvalue weighted by Gasteiger charge is -2.42. The molecule has 0 radical (unpaired) electrons. The molecule has 9 nitrogen and oxygen atoms in total. The summed E-state index contributed by atoms with van der Waals surface area (Å²) in [6.45, 7) is 1.89. The van der Waals surface area contributed by atoms with E-state index in [1.165, 1.54) is 31.1 Å². The molecule has 0 saturated carbocycles. The van der Waals surface area contributed by atoms with Gasteiger partial charge in [0.2, 0.25) is 0 Å². The number of nitrogens with zero attached hydrogens (tertiary/aromatic N) is 3. The Morgan fingerprint density at radius 1 is 1.12 bits per heavy atom. The highest BCUT2D eigenvalue weighted by molar-refractivity contribution is 6.32. The molecule has 172 valence electrons. The highest BCUT2D eigenvalue weighted by Crippen LogP contribution is 2.46. The van der Waals surface area contributed by atoms with Crippen LogP contribution < -0.4 is 14.4 Å². The molecule has 1 aromatic heterocycles. The lowest BCUT2D eigenvalue weighted by Crippen LogP contribution is -2.47. The smallest absolute Gasteiger partial charge is 0.412 e. The molecule has 2 atom stereocenters. The number of carboxylic acid groups (broad SMARTS) is 1. The minimum absolute atomic E-state index is 0.118. The van der Waals surface area contributed by atoms with E-state index in [-0.39, 0.29) is 16.9 Å². The maximum Gasteiger partial charge on any atom is 0.412 e. The van der Waals surface area contributed by atoms with E-state index >= 15 is 0 Å². The van der Waals surface area contributed by atoms with E-state index < -0.39 is 24.3 Å². The molecule has 1 N–H and O–H groups in total. The molecule has 2 amide bonds. The van der Waals surface area contributed by atoms with Crippen LogP contribution in [-0.4, -0.2) is 54.5 Å². The summed E-state index contributed by atoms with van der Waals surface area (Å²) in [7, 11) is 4.24. The number of anilines is 1. The van der Waals surface area contributed by atoms with Crippen molar-refractivity contribution in [3.8, 4) is 11.5 Å². The summed E-state index contributed by atoms with van der Waals surface area (Å²) >= 11 is 12.1. The second-order valence-electron chi connectivity index (χ2n) is 7.24. The summed E-state index contributed by atoms with van der Waals surface area (Å²) in [6.07, 6.45) is -1.37. The number of amides is 2. The summed E-state index contributed by atoms with van der Waals surface area (Å²) in [5, 5.41) is 10.2. The monoisotopic (exact) mass is 483 g/mol. The maximum atomic E-state index is 12.8. The number of aromatic nitrogens is 1. The van der Waals surface area contributed by atoms with Crippen molar-refractivity contribution < 1.29 is 28.9 Å². The van der Waals surface area contributed by atoms with E-state index in [0.717, 1.165) is 0 Å². The summed E-state index contributed by atoms with van der Waals surface area (Å²) in [4.78, 5) is 31.5. The fourth-order valence-electron chi connectivity index (χ4n) is 3.96. The van der Waals surface area contributed by atoms with Gasteiger partial charge in [-0.1, -0.05) is 23.2 Å². The Morgan fingerprint density at radius 2 is 1.72 bits per heavy atom. The number of benzene rings is 1. The van der Waals surface area contributed by atoms with E-state index in [9.17, 15) is 14.7 Å². The third-order valence-electron chi connectivity index (χ3n) is 5.32. The number of carbonyl (C=O) groups excluding carboxylic acids is 1. The van der Waals surface area contributed by atoms with Gasteiger partial charge >= 0.3 is 12.2 Å². The fourth-order valence-corrected chi connectivity index (χ4v) is 4.47. The average molecular weight is 484 g/mol. The minimum Gasteiger partial charge on any atom is -0.493 e. The number of hydrogen-bond acceptors (Lipinski definition) is 6. The Bertz CT molecular complexity index is 1010. The van der Waals surface area contributed by atoms with E-state index in [1.807, 2.05) is 0 Å². The van der Waals surface area contributed by atoms with Crippen LogP contribution in [-0.2, 0) is 11.3 Å². The van der Waals surface area contributed by atoms with Crippen LogP contribution >= 0.6 is 23.2 Å². The summed E-state index contributed by atoms with van der Waals surface area (Å²) in [5.41, 5.74) is 1.63. The molecule has 2 aromatic rings. The lowest BCUT2D eigenvalue weighted by atomic mass is 9.90. The van der Waals surface area contributed by atoms with Crippen LogP contribution in [0.5, 0.6) is 11.5 Å². The first kappa shape index (κ1) is 23.7. The number of hydrogen-bond donors (Lipinski definition) is 1. The van der Waals surface area contributed by atoms with Gasteiger partial charge in [0.25, 0.3) is 0 Å². The van der Waals surface area contributed by atoms with Crippen molar-refractivity contribution in [3.63, 3.8) is 0 Å². The van der Waals surface area contributed by atoms with Gasteiger partial charge in [0.15, 0.2) is 11.5 Å². The molecule has 1 aromatic carbocycles. The van der Waals surface area contributed by atoms with Crippen LogP contribution in [0.4, 0.5) is 15.3 Å². The average Bonchev–Trinajstić information content (AvgIpc) is 2.74. The fraction of sp³-hybridized carbons (Fsp3) is 0.381. The number of halogens is 2. The summed E-state index contributed by atoms with van der Waals surface area (Å²) < 4.78 is 15.8. The third kappa shape index (κ3) is 4.63. The van der Waals surface area contributed by atoms with Crippen LogP contribution in [0, 0.1) is 0 Å². The number of fused-ring (bicyclic) bond motifs is 1. The zero-order valence-electron chi connectivity index (χ0n) is 18.0. The SMILES string of the molecule is COC(=O)N(Cc1cc(Cl)nc(Cl)c1)C1CC(C)N(C(=O)O)c2cc(OC)c(OC)cc21. The largest absolute Gasteiger partial charge is 0.493 e. The number of carbonyl (C=O) groups is 2. The lowest BCUT2D eigenvalue weighted by molar-refractivity contribution is 0.0947. The highest BCUT2D eigenvalue weighted by Gasteiger charge is 2.39. The van der Waals surface area contributed by atoms with Crippen LogP contribution in [0.25, 0.3) is 0 Å². The standard InChI is InChI=1S/C21H23Cl2N3O6/c1-11-5-14(25(21(29)32-4)10-12-6-18(22)24-19(23)7-12)13-8-16(30-2)17(31-3)9-15(13)26(11)20(27)28/h6-9,11,14H,5,10H2,1-4H3,(H,27,28). The quantitative estimate of drug-likeness (QED) is 0.597. The predicted octanol–water partition coefficient (Wildman–Crippen LogP) is 4.99. The molecular formula is C21H23Cl2N3O6. The molecule has 0 aliphatic carbocycles. The van der Waals surface area contributed by atoms with Crippen LogP contribution in [0.1, 0.15) is 30.5 Å². The first-order valence-electron chi connectivity index (χ1n) is 9.64. The van der Waals surface area contributed by atoms with Gasteiger partial charge in [0.05, 0.1) is 33.1 Å². The second kappa shape index (κ2) is 9.70. The van der Waals surface area contributed by atoms with Crippen molar-refractivity contribution >= 4 is 41.1 Å². The van der Waals surface area contributed by atoms with E-state index in [1.54, 1.807) is 31.2 Å². The van der Waals surface area contributed by atoms with Crippen molar-refractivity contribution in [2.45, 2.75) is 32.0 Å². The molecule has 32 heavy (non-hydrogen) atoms. The van der Waals surface area contributed by atoms with Gasteiger partial charge < -0.3 is 19.3 Å². The molecule has 2 heterocycles. The van der Waals surface area contributed by atoms with Crippen molar-refractivity contribution in [2.24, 2.45) is 0 Å². The third-order valence-corrected chi connectivity index (χ3v) is 5.71. The number of ether oxygens (including phenoxy) is 3. The number of rotatable bonds is 5. The zero-order chi connectivity index (χ0) is 23.6. The molecule has 0 spiro atoms. The van der Waals surface area contributed by atoms with Gasteiger partial charge in [-0.05, 0) is 37.1 Å². The van der Waals surface area contributed by atoms with Crippen molar-refractivity contribution in [3.05, 3.63) is 45.7 Å². The first-order valence-corrected chi connectivity index (χ1v) is 10.4. The van der Waals surface area contributed by atoms with Gasteiger partial charge in [-0.2, -0.15) is 0 Å². The van der Waals surface area contributed by atoms with E-state index in [4.69, 9.17) is 37.4 Å². The molecule has 1 aliphatic rings. The highest BCUT2D eigenvalue weighted by atomic mass is 35.5. The van der Waals surface area contributed by atoms with Crippen molar-refractivity contribution in [1.29, 1.82) is 0 Å². The molecule has 0 saturated heterocycles. The molecule has 1 aliphatic heterocycles. The maximum absolute atomic E-state index is 12.8. The van der Waals surface area contributed by atoms with Gasteiger partial charge in [-0.3, -0.25) is 9.80 Å². The Hall–Kier alpha value is -2.91. The van der Waals surface area contributed by atoms with Gasteiger partial charge in [0, 0.05) is 24.2 Å². The Morgan fingerprint density at radius 3 is 2.25 bits per heavy atom. The van der Waals surface area contributed by atoms with Crippen molar-refractivity contribution in [2.75, 3.05) is 26.2 Å². The van der Waals surface area contributed by atoms with Gasteiger partial charge in [-0.15, -0.1) is 0 Å². The summed E-state index contributed by atoms with van der Waals surface area (Å²) in [5.74, 6) is 0.790. The normalized spacial score (nSPS) is 17.4. The van der Waals surface area contributed by atoms with E-state index in [0.29, 0.717) is 34.7 Å². The Balaban J connectivity index is 2.15. The molecule has 3 rings (SSSR count). The zero-order valence-corrected chi connectivity index (χ0v) is 19.5. The topological polar surface area (TPSA) is 101 Å². The Labute approximate surface area is 195 Å². The number of pyridine rings is 1. The second-order valence-corrected chi connectivity index (χ2v) is 8.01. The predicted molar refractivity (Wildman–Crippen MR) is 119 cm³/mol. The minimum atomic E-state index is -1.11. The van der Waals surface area contributed by atoms with E-state index in [2.05, 4.69) is 4.98 Å². The molecular weight excluding hydrogens is 461 g/mol. The Kier molecular flexibility index (Phi) is 7.20. The van der Waals surface area contributed by atoms with Crippen LogP contribution in [0.15, 0.2) is 24.3 Å². The first-order chi connectivity index (χ1) is 15.2. The molecule has 0 fully saturated rings. The van der Waals surface area contributed by atoms with Crippen LogP contribution in [0.2, 0.25) is 10.3 Å².